The van der Waals surface area contributed by atoms with E-state index in [-0.39, 0.29) is 22.7 Å². The van der Waals surface area contributed by atoms with Gasteiger partial charge in [0.15, 0.2) is 0 Å². The van der Waals surface area contributed by atoms with E-state index < -0.39 is 17.7 Å². The van der Waals surface area contributed by atoms with Gasteiger partial charge in [0.25, 0.3) is 5.91 Å². The third-order valence-electron chi connectivity index (χ3n) is 6.75. The molecule has 2 fully saturated rings. The van der Waals surface area contributed by atoms with Gasteiger partial charge in [-0.2, -0.15) is 0 Å². The Bertz CT molecular complexity index is 821. The number of aromatic nitrogens is 1. The fourth-order valence-corrected chi connectivity index (χ4v) is 4.92. The Balaban J connectivity index is 1.80. The number of nitrogens with one attached hydrogen (secondary N) is 1. The number of carbonyl (C=O) groups is 3. The van der Waals surface area contributed by atoms with E-state index in [1.165, 1.54) is 38.6 Å². The molecule has 164 valence electrons. The molecule has 1 aliphatic carbocycles. The van der Waals surface area contributed by atoms with Crippen LogP contribution in [-0.4, -0.2) is 46.8 Å². The molecule has 1 saturated heterocycles. The molecular weight excluding hydrogens is 384 g/mol. The summed E-state index contributed by atoms with van der Waals surface area (Å²) in [6.07, 6.45) is 9.10. The number of nitrogens with zero attached hydrogens (tertiary/aromatic N) is 2. The Morgan fingerprint density at radius 2 is 1.93 bits per heavy atom. The minimum Gasteiger partial charge on any atom is -0.480 e. The van der Waals surface area contributed by atoms with Gasteiger partial charge in [-0.3, -0.25) is 14.4 Å². The topological polar surface area (TPSA) is 115 Å². The molecule has 0 bridgehead atoms. The number of hydrogen-bond acceptors (Lipinski definition) is 5. The minimum atomic E-state index is -0.728. The van der Waals surface area contributed by atoms with E-state index in [9.17, 15) is 14.4 Å². The van der Waals surface area contributed by atoms with Crippen LogP contribution in [0.15, 0.2) is 12.3 Å². The van der Waals surface area contributed by atoms with Crippen molar-refractivity contribution >= 4 is 23.4 Å². The molecule has 2 aliphatic rings. The summed E-state index contributed by atoms with van der Waals surface area (Å²) in [5.74, 6) is -1.15. The van der Waals surface area contributed by atoms with Gasteiger partial charge in [-0.1, -0.05) is 26.2 Å². The van der Waals surface area contributed by atoms with Gasteiger partial charge >= 0.3 is 11.8 Å². The number of rotatable bonds is 4. The highest BCUT2D eigenvalue weighted by molar-refractivity contribution is 6.39. The van der Waals surface area contributed by atoms with Crippen molar-refractivity contribution in [2.75, 3.05) is 19.0 Å². The fourth-order valence-electron chi connectivity index (χ4n) is 4.92. The van der Waals surface area contributed by atoms with Crippen LogP contribution in [0.3, 0.4) is 0 Å². The molecule has 0 radical (unpaired) electrons. The van der Waals surface area contributed by atoms with Crippen LogP contribution in [0, 0.1) is 11.8 Å². The van der Waals surface area contributed by atoms with Crippen molar-refractivity contribution in [1.82, 2.24) is 9.88 Å². The van der Waals surface area contributed by atoms with Gasteiger partial charge in [0.2, 0.25) is 5.88 Å². The monoisotopic (exact) mass is 416 g/mol. The highest BCUT2D eigenvalue weighted by Crippen LogP contribution is 2.43. The Morgan fingerprint density at radius 1 is 1.23 bits per heavy atom. The highest BCUT2D eigenvalue weighted by Gasteiger charge is 2.46. The summed E-state index contributed by atoms with van der Waals surface area (Å²) in [5, 5.41) is 2.59. The van der Waals surface area contributed by atoms with E-state index in [1.54, 1.807) is 4.90 Å². The van der Waals surface area contributed by atoms with Crippen LogP contribution in [0.25, 0.3) is 0 Å². The predicted molar refractivity (Wildman–Crippen MR) is 113 cm³/mol. The zero-order chi connectivity index (χ0) is 21.9. The normalized spacial score (nSPS) is 24.9. The lowest BCUT2D eigenvalue weighted by Gasteiger charge is -2.52. The maximum atomic E-state index is 13.2. The number of anilines is 1. The maximum Gasteiger partial charge on any atom is 0.313 e. The van der Waals surface area contributed by atoms with Crippen LogP contribution in [0.1, 0.15) is 69.2 Å². The van der Waals surface area contributed by atoms with E-state index in [2.05, 4.69) is 24.1 Å². The van der Waals surface area contributed by atoms with E-state index in [1.807, 2.05) is 0 Å². The van der Waals surface area contributed by atoms with E-state index in [0.29, 0.717) is 18.4 Å². The van der Waals surface area contributed by atoms with Gasteiger partial charge in [0.1, 0.15) is 5.56 Å². The second-order valence-corrected chi connectivity index (χ2v) is 8.85. The molecule has 0 aromatic carbocycles. The molecule has 8 nitrogen and oxygen atoms in total. The van der Waals surface area contributed by atoms with Gasteiger partial charge in [-0.15, -0.1) is 0 Å². The van der Waals surface area contributed by atoms with Crippen molar-refractivity contribution in [3.05, 3.63) is 17.8 Å². The first-order chi connectivity index (χ1) is 14.3. The number of amides is 3. The number of piperidine rings is 1. The van der Waals surface area contributed by atoms with Crippen LogP contribution in [0.4, 0.5) is 5.69 Å². The summed E-state index contributed by atoms with van der Waals surface area (Å²) in [7, 11) is 1.38. The number of ether oxygens (including phenoxy) is 1. The van der Waals surface area contributed by atoms with Crippen LogP contribution in [-0.2, 0) is 9.59 Å². The summed E-state index contributed by atoms with van der Waals surface area (Å²) >= 11 is 0. The standard InChI is InChI=1S/C22H32N4O4/c1-14-9-10-22(2,15-7-5-4-6-8-15)26(13-14)21(29)19(28)25-16-11-17(18(23)27)20(30-3)24-12-16/h11-12,14-15H,4-10,13H2,1-3H3,(H2,23,27)(H,25,28)/t14-,22+/m1/s1. The number of carbonyl (C=O) groups excluding carboxylic acids is 3. The molecule has 2 heterocycles. The average Bonchev–Trinajstić information content (AvgIpc) is 2.75. The van der Waals surface area contributed by atoms with Crippen molar-refractivity contribution in [3.63, 3.8) is 0 Å². The molecule has 1 saturated carbocycles. The summed E-state index contributed by atoms with van der Waals surface area (Å²) in [6.45, 7) is 4.83. The van der Waals surface area contributed by atoms with Crippen LogP contribution < -0.4 is 15.8 Å². The summed E-state index contributed by atoms with van der Waals surface area (Å²) in [5.41, 5.74) is 5.32. The summed E-state index contributed by atoms with van der Waals surface area (Å²) < 4.78 is 5.02. The molecule has 0 spiro atoms. The average molecular weight is 417 g/mol. The van der Waals surface area contributed by atoms with Crippen molar-refractivity contribution in [2.24, 2.45) is 17.6 Å². The number of hydrogen-bond donors (Lipinski definition) is 2. The summed E-state index contributed by atoms with van der Waals surface area (Å²) in [4.78, 5) is 43.5. The van der Waals surface area contributed by atoms with Gasteiger partial charge in [-0.05, 0) is 50.5 Å². The van der Waals surface area contributed by atoms with Gasteiger partial charge in [0, 0.05) is 12.1 Å². The Labute approximate surface area is 177 Å². The second-order valence-electron chi connectivity index (χ2n) is 8.85. The molecule has 3 rings (SSSR count). The smallest absolute Gasteiger partial charge is 0.313 e. The van der Waals surface area contributed by atoms with Crippen molar-refractivity contribution in [2.45, 2.75) is 64.3 Å². The largest absolute Gasteiger partial charge is 0.480 e. The number of primary amides is 1. The molecule has 3 amide bonds. The third kappa shape index (κ3) is 4.42. The molecule has 1 aromatic heterocycles. The SMILES string of the molecule is COc1ncc(NC(=O)C(=O)N2C[C@H](C)CC[C@@]2(C)C2CCCCC2)cc1C(N)=O. The lowest BCUT2D eigenvalue weighted by atomic mass is 9.69. The zero-order valence-electron chi connectivity index (χ0n) is 18.1. The number of methoxy groups -OCH3 is 1. The predicted octanol–water partition coefficient (Wildman–Crippen LogP) is 2.73. The molecule has 8 heteroatoms. The Kier molecular flexibility index (Phi) is 6.63. The van der Waals surface area contributed by atoms with Crippen molar-refractivity contribution in [1.29, 1.82) is 0 Å². The summed E-state index contributed by atoms with van der Waals surface area (Å²) in [6, 6.07) is 1.37. The Hall–Kier alpha value is -2.64. The maximum absolute atomic E-state index is 13.2. The number of nitrogens with two attached hydrogens (primary N) is 1. The van der Waals surface area contributed by atoms with Crippen LogP contribution in [0.2, 0.25) is 0 Å². The van der Waals surface area contributed by atoms with Gasteiger partial charge in [0.05, 0.1) is 19.0 Å². The Morgan fingerprint density at radius 3 is 2.57 bits per heavy atom. The van der Waals surface area contributed by atoms with E-state index in [0.717, 1.165) is 25.7 Å². The van der Waals surface area contributed by atoms with Gasteiger partial charge in [-0.25, -0.2) is 4.98 Å². The quantitative estimate of drug-likeness (QED) is 0.733. The first-order valence-corrected chi connectivity index (χ1v) is 10.7. The minimum absolute atomic E-state index is 0.0430. The van der Waals surface area contributed by atoms with Crippen molar-refractivity contribution in [3.8, 4) is 5.88 Å². The second kappa shape index (κ2) is 9.02. The van der Waals surface area contributed by atoms with Crippen LogP contribution in [0.5, 0.6) is 5.88 Å². The third-order valence-corrected chi connectivity index (χ3v) is 6.75. The molecule has 0 unspecified atom stereocenters. The highest BCUT2D eigenvalue weighted by atomic mass is 16.5. The molecule has 3 N–H and O–H groups in total. The lowest BCUT2D eigenvalue weighted by Crippen LogP contribution is -2.61. The fraction of sp³-hybridized carbons (Fsp3) is 0.636. The number of pyridine rings is 1. The van der Waals surface area contributed by atoms with E-state index >= 15 is 0 Å². The molecule has 1 aliphatic heterocycles. The van der Waals surface area contributed by atoms with Crippen molar-refractivity contribution < 1.29 is 19.1 Å². The zero-order valence-corrected chi connectivity index (χ0v) is 18.1. The number of likely N-dealkylation sites (tertiary alicyclic amines) is 1. The molecular formula is C22H32N4O4. The molecule has 30 heavy (non-hydrogen) atoms. The first-order valence-electron chi connectivity index (χ1n) is 10.7. The molecule has 1 aromatic rings. The van der Waals surface area contributed by atoms with Crippen LogP contribution >= 0.6 is 0 Å². The van der Waals surface area contributed by atoms with Gasteiger partial charge < -0.3 is 20.7 Å². The lowest BCUT2D eigenvalue weighted by molar-refractivity contribution is -0.153. The molecule has 2 atom stereocenters. The van der Waals surface area contributed by atoms with E-state index in [4.69, 9.17) is 10.5 Å². The first kappa shape index (κ1) is 22.1.